The number of carbonyl (C=O) groups excluding carboxylic acids is 1. The average Bonchev–Trinajstić information content (AvgIpc) is 2.96. The summed E-state index contributed by atoms with van der Waals surface area (Å²) in [6, 6.07) is 15.2. The second-order valence-electron chi connectivity index (χ2n) is 10.0. The molecule has 0 aliphatic rings. The minimum Gasteiger partial charge on any atom is -0.790 e. The smallest absolute Gasteiger partial charge is 0.790 e. The molecule has 45 heavy (non-hydrogen) atoms. The number of anilines is 1. The Bertz CT molecular complexity index is 2120. The summed E-state index contributed by atoms with van der Waals surface area (Å²) in [7, 11) is -5.53. The van der Waals surface area contributed by atoms with E-state index in [1.54, 1.807) is 62.4 Å². The Morgan fingerprint density at radius 3 is 2.31 bits per heavy atom. The van der Waals surface area contributed by atoms with Crippen molar-refractivity contribution in [3.8, 4) is 23.0 Å². The number of phosphoric ester groups is 1. The molecule has 1 amide bonds. The van der Waals surface area contributed by atoms with Gasteiger partial charge in [0.1, 0.15) is 18.1 Å². The van der Waals surface area contributed by atoms with Crippen LogP contribution in [-0.2, 0) is 26.0 Å². The van der Waals surface area contributed by atoms with Crippen LogP contribution in [0.1, 0.15) is 26.3 Å². The summed E-state index contributed by atoms with van der Waals surface area (Å²) in [5, 5.41) is 12.0. The molecule has 5 aromatic rings. The normalized spacial score (nSPS) is 11.4. The molecule has 5 rings (SSSR count). The van der Waals surface area contributed by atoms with Gasteiger partial charge in [-0.15, -0.1) is 0 Å². The van der Waals surface area contributed by atoms with Gasteiger partial charge >= 0.3 is 64.8 Å². The fourth-order valence-electron chi connectivity index (χ4n) is 4.42. The van der Waals surface area contributed by atoms with Crippen molar-refractivity contribution in [3.63, 3.8) is 0 Å². The van der Waals surface area contributed by atoms with Gasteiger partial charge < -0.3 is 24.2 Å². The third kappa shape index (κ3) is 7.67. The minimum atomic E-state index is -5.53. The first kappa shape index (κ1) is 36.4. The predicted molar refractivity (Wildman–Crippen MR) is 152 cm³/mol. The number of hydrogen-bond donors (Lipinski definition) is 1. The number of fused-ring (bicyclic) bond motifs is 3. The summed E-state index contributed by atoms with van der Waals surface area (Å²) >= 11 is 0. The number of benzene rings is 1. The van der Waals surface area contributed by atoms with Crippen molar-refractivity contribution in [1.82, 2.24) is 24.1 Å². The van der Waals surface area contributed by atoms with E-state index >= 15 is 0 Å². The van der Waals surface area contributed by atoms with Crippen LogP contribution in [0.15, 0.2) is 70.5 Å². The van der Waals surface area contributed by atoms with Crippen molar-refractivity contribution in [2.75, 3.05) is 5.32 Å². The van der Waals surface area contributed by atoms with Gasteiger partial charge in [0.2, 0.25) is 5.91 Å². The SMILES string of the molecule is CC(=O)Nc1ccc(-c2ccc3ncc4c(=O)n(COP(=O)([O-])[O-])c(=O)n(-c5ccc(C(C)(C)C#N)cc5)c4c3n2)cn1.[Na+].[Na+]. The molecule has 1 aromatic carbocycles. The molecule has 0 bridgehead atoms. The van der Waals surface area contributed by atoms with E-state index in [0.29, 0.717) is 32.7 Å². The Morgan fingerprint density at radius 2 is 1.73 bits per heavy atom. The maximum absolute atomic E-state index is 13.8. The molecule has 0 unspecified atom stereocenters. The van der Waals surface area contributed by atoms with Gasteiger partial charge in [0, 0.05) is 24.9 Å². The Balaban J connectivity index is 0.00000276. The second kappa shape index (κ2) is 14.1. The summed E-state index contributed by atoms with van der Waals surface area (Å²) in [6.45, 7) is 3.67. The number of pyridine rings is 3. The predicted octanol–water partition coefficient (Wildman–Crippen LogP) is -4.27. The molecule has 0 fully saturated rings. The van der Waals surface area contributed by atoms with Crippen LogP contribution in [0.5, 0.6) is 0 Å². The van der Waals surface area contributed by atoms with E-state index < -0.39 is 31.2 Å². The van der Waals surface area contributed by atoms with E-state index in [4.69, 9.17) is 4.98 Å². The molecule has 0 radical (unpaired) electrons. The van der Waals surface area contributed by atoms with Crippen LogP contribution < -0.4 is 85.5 Å². The fourth-order valence-corrected chi connectivity index (χ4v) is 4.68. The molecule has 14 nitrogen and oxygen atoms in total. The van der Waals surface area contributed by atoms with Gasteiger partial charge in [-0.05, 0) is 55.8 Å². The van der Waals surface area contributed by atoms with Crippen LogP contribution in [0.2, 0.25) is 0 Å². The van der Waals surface area contributed by atoms with Gasteiger partial charge in [0.25, 0.3) is 5.56 Å². The second-order valence-corrected chi connectivity index (χ2v) is 11.2. The Labute approximate surface area is 299 Å². The van der Waals surface area contributed by atoms with Gasteiger partial charge in [-0.3, -0.25) is 19.1 Å². The molecule has 0 spiro atoms. The third-order valence-electron chi connectivity index (χ3n) is 6.64. The van der Waals surface area contributed by atoms with E-state index in [2.05, 4.69) is 25.9 Å². The van der Waals surface area contributed by atoms with Gasteiger partial charge in [-0.2, -0.15) is 5.26 Å². The molecule has 17 heteroatoms. The molecule has 4 heterocycles. The summed E-state index contributed by atoms with van der Waals surface area (Å²) in [5.41, 5.74) is -0.307. The van der Waals surface area contributed by atoms with Crippen molar-refractivity contribution in [3.05, 3.63) is 87.3 Å². The monoisotopic (exact) mass is 645 g/mol. The molecule has 4 aromatic heterocycles. The van der Waals surface area contributed by atoms with Crippen LogP contribution in [0, 0.1) is 11.3 Å². The van der Waals surface area contributed by atoms with E-state index in [1.165, 1.54) is 19.3 Å². The zero-order valence-electron chi connectivity index (χ0n) is 25.0. The molecule has 218 valence electrons. The number of phosphoric acid groups is 1. The number of rotatable bonds is 7. The minimum absolute atomic E-state index is 0. The average molecular weight is 645 g/mol. The van der Waals surface area contributed by atoms with E-state index in [0.717, 1.165) is 4.57 Å². The Hall–Kier alpha value is -3.06. The van der Waals surface area contributed by atoms with Crippen molar-refractivity contribution in [1.29, 1.82) is 5.26 Å². The van der Waals surface area contributed by atoms with Crippen LogP contribution in [0.4, 0.5) is 5.82 Å². The molecular weight excluding hydrogens is 623 g/mol. The van der Waals surface area contributed by atoms with Crippen molar-refractivity contribution in [2.45, 2.75) is 32.9 Å². The van der Waals surface area contributed by atoms with E-state index in [1.807, 2.05) is 0 Å². The summed E-state index contributed by atoms with van der Waals surface area (Å²) < 4.78 is 17.1. The first-order chi connectivity index (χ1) is 20.3. The van der Waals surface area contributed by atoms with Crippen LogP contribution in [-0.4, -0.2) is 30.0 Å². The topological polar surface area (TPSA) is 208 Å². The Kier molecular flexibility index (Phi) is 11.4. The zero-order valence-corrected chi connectivity index (χ0v) is 29.9. The number of hydrogen-bond acceptors (Lipinski definition) is 11. The molecule has 0 atom stereocenters. The van der Waals surface area contributed by atoms with E-state index in [-0.39, 0.29) is 87.1 Å². The number of nitrogens with zero attached hydrogens (tertiary/aromatic N) is 6. The standard InChI is InChI=1S/C28H24N7O7P.2Na/c1-16(36)32-23-11-4-17(12-31-23)21-9-10-22-24(33-21)25-20(13-30-22)26(37)34(15-42-43(39,40)41)27(38)35(25)19-7-5-18(6-8-19)28(2,3)14-29;;/h4-13H,15H2,1-3H3,(H,31,32,36)(H2,39,40,41);;/q;2*+1/p-2. The molecule has 0 saturated carbocycles. The Morgan fingerprint density at radius 1 is 1.04 bits per heavy atom. The van der Waals surface area contributed by atoms with Crippen LogP contribution in [0.3, 0.4) is 0 Å². The molecule has 1 N–H and O–H groups in total. The van der Waals surface area contributed by atoms with Gasteiger partial charge in [0.05, 0.1) is 47.1 Å². The van der Waals surface area contributed by atoms with Gasteiger partial charge in [-0.1, -0.05) is 12.1 Å². The maximum Gasteiger partial charge on any atom is 1.00 e. The number of nitriles is 1. The molecule has 0 saturated heterocycles. The van der Waals surface area contributed by atoms with Gasteiger partial charge in [-0.25, -0.2) is 19.3 Å². The summed E-state index contributed by atoms with van der Waals surface area (Å²) in [5.74, 6) is 0.0534. The largest absolute Gasteiger partial charge is 1.00 e. The number of amides is 1. The van der Waals surface area contributed by atoms with E-state index in [9.17, 15) is 34.0 Å². The first-order valence-corrected chi connectivity index (χ1v) is 14.1. The zero-order chi connectivity index (χ0) is 31.1. The van der Waals surface area contributed by atoms with Crippen LogP contribution >= 0.6 is 7.82 Å². The van der Waals surface area contributed by atoms with Gasteiger partial charge in [0.15, 0.2) is 0 Å². The van der Waals surface area contributed by atoms with Crippen molar-refractivity contribution >= 4 is 41.5 Å². The molecular formula is C28H22N7Na2O7P. The quantitative estimate of drug-likeness (QED) is 0.102. The number of carbonyl (C=O) groups is 1. The molecule has 0 aliphatic heterocycles. The first-order valence-electron chi connectivity index (χ1n) is 12.7. The van der Waals surface area contributed by atoms with Crippen molar-refractivity contribution < 1.29 is 82.8 Å². The van der Waals surface area contributed by atoms with Crippen molar-refractivity contribution in [2.24, 2.45) is 0 Å². The third-order valence-corrected chi connectivity index (χ3v) is 7.07. The maximum atomic E-state index is 13.8. The fraction of sp³-hybridized carbons (Fsp3) is 0.179. The number of nitrogens with one attached hydrogen (secondary N) is 1. The molecule has 0 aliphatic carbocycles. The van der Waals surface area contributed by atoms with Crippen LogP contribution in [0.25, 0.3) is 38.9 Å². The summed E-state index contributed by atoms with van der Waals surface area (Å²) in [6.07, 6.45) is 2.72. The summed E-state index contributed by atoms with van der Waals surface area (Å²) in [4.78, 5) is 74.1. The number of aromatic nitrogens is 5.